The summed E-state index contributed by atoms with van der Waals surface area (Å²) in [6, 6.07) is 2.21. The smallest absolute Gasteiger partial charge is 0.0175 e. The van der Waals surface area contributed by atoms with Gasteiger partial charge in [-0.2, -0.15) is 0 Å². The van der Waals surface area contributed by atoms with E-state index in [1.807, 2.05) is 0 Å². The summed E-state index contributed by atoms with van der Waals surface area (Å²) in [7, 11) is 2.09. The number of nitrogens with zero attached hydrogens (tertiary/aromatic N) is 1. The lowest BCUT2D eigenvalue weighted by Gasteiger charge is -2.00. The summed E-state index contributed by atoms with van der Waals surface area (Å²) in [5, 5.41) is 0. The zero-order chi connectivity index (χ0) is 8.43. The normalized spacial score (nSPS) is 10.5. The van der Waals surface area contributed by atoms with Crippen molar-refractivity contribution >= 4 is 0 Å². The predicted molar refractivity (Wildman–Crippen MR) is 47.6 cm³/mol. The van der Waals surface area contributed by atoms with Crippen LogP contribution in [0.25, 0.3) is 0 Å². The summed E-state index contributed by atoms with van der Waals surface area (Å²) >= 11 is 0. The number of rotatable bonds is 2. The van der Waals surface area contributed by atoms with Crippen LogP contribution in [-0.2, 0) is 13.5 Å². The molecule has 1 heterocycles. The molecule has 2 nitrogen and oxygen atoms in total. The predicted octanol–water partition coefficient (Wildman–Crippen LogP) is 1.14. The van der Waals surface area contributed by atoms with Crippen LogP contribution < -0.4 is 5.73 Å². The van der Waals surface area contributed by atoms with Crippen LogP contribution in [0, 0.1) is 13.8 Å². The Balaban J connectivity index is 2.98. The average molecular weight is 152 g/mol. The minimum Gasteiger partial charge on any atom is -0.352 e. The second-order valence-corrected chi connectivity index (χ2v) is 2.99. The van der Waals surface area contributed by atoms with Crippen molar-refractivity contribution in [1.29, 1.82) is 0 Å². The number of hydrogen-bond acceptors (Lipinski definition) is 1. The van der Waals surface area contributed by atoms with E-state index < -0.39 is 0 Å². The highest BCUT2D eigenvalue weighted by Gasteiger charge is 2.03. The Morgan fingerprint density at radius 2 is 2.09 bits per heavy atom. The number of aryl methyl sites for hydroxylation is 1. The molecule has 1 aromatic rings. The van der Waals surface area contributed by atoms with Crippen molar-refractivity contribution in [3.63, 3.8) is 0 Å². The van der Waals surface area contributed by atoms with Gasteiger partial charge in [-0.15, -0.1) is 0 Å². The maximum Gasteiger partial charge on any atom is 0.0175 e. The van der Waals surface area contributed by atoms with E-state index >= 15 is 0 Å². The highest BCUT2D eigenvalue weighted by atomic mass is 14.9. The molecule has 0 amide bonds. The van der Waals surface area contributed by atoms with Crippen molar-refractivity contribution in [2.24, 2.45) is 12.8 Å². The highest BCUT2D eigenvalue weighted by molar-refractivity contribution is 5.26. The van der Waals surface area contributed by atoms with Gasteiger partial charge in [0.1, 0.15) is 0 Å². The number of aromatic nitrogens is 1. The fourth-order valence-electron chi connectivity index (χ4n) is 1.34. The van der Waals surface area contributed by atoms with Crippen molar-refractivity contribution in [2.75, 3.05) is 6.54 Å². The average Bonchev–Trinajstić information content (AvgIpc) is 2.19. The summed E-state index contributed by atoms with van der Waals surface area (Å²) in [6.45, 7) is 5.00. The zero-order valence-corrected chi connectivity index (χ0v) is 7.52. The van der Waals surface area contributed by atoms with Gasteiger partial charge < -0.3 is 10.3 Å². The molecule has 0 saturated heterocycles. The Morgan fingerprint density at radius 1 is 1.45 bits per heavy atom. The first kappa shape index (κ1) is 8.34. The molecule has 0 radical (unpaired) electrons. The molecule has 0 atom stereocenters. The first-order valence-corrected chi connectivity index (χ1v) is 3.98. The van der Waals surface area contributed by atoms with Crippen molar-refractivity contribution in [2.45, 2.75) is 20.3 Å². The Labute approximate surface area is 68.0 Å². The second-order valence-electron chi connectivity index (χ2n) is 2.99. The van der Waals surface area contributed by atoms with Crippen LogP contribution in [0.2, 0.25) is 0 Å². The molecule has 0 aliphatic carbocycles. The molecule has 0 spiro atoms. The highest BCUT2D eigenvalue weighted by Crippen LogP contribution is 2.12. The Bertz CT molecular complexity index is 248. The number of hydrogen-bond donors (Lipinski definition) is 1. The van der Waals surface area contributed by atoms with E-state index in [2.05, 4.69) is 31.5 Å². The molecule has 0 fully saturated rings. The molecule has 0 bridgehead atoms. The summed E-state index contributed by atoms with van der Waals surface area (Å²) in [6.07, 6.45) is 0.994. The topological polar surface area (TPSA) is 30.9 Å². The van der Waals surface area contributed by atoms with Gasteiger partial charge in [0.15, 0.2) is 0 Å². The molecule has 62 valence electrons. The van der Waals surface area contributed by atoms with Crippen LogP contribution >= 0.6 is 0 Å². The first-order chi connectivity index (χ1) is 5.16. The lowest BCUT2D eigenvalue weighted by atomic mass is 10.2. The standard InChI is InChI=1S/C9H16N2/c1-7-6-9(4-5-10)8(2)11(7)3/h6H,4-5,10H2,1-3H3. The fraction of sp³-hybridized carbons (Fsp3) is 0.556. The van der Waals surface area contributed by atoms with Crippen LogP contribution in [0.15, 0.2) is 6.07 Å². The van der Waals surface area contributed by atoms with Gasteiger partial charge in [0.2, 0.25) is 0 Å². The number of nitrogens with two attached hydrogens (primary N) is 1. The Morgan fingerprint density at radius 3 is 2.45 bits per heavy atom. The molecule has 0 aliphatic rings. The monoisotopic (exact) mass is 152 g/mol. The SMILES string of the molecule is Cc1cc(CCN)c(C)n1C. The van der Waals surface area contributed by atoms with E-state index in [0.29, 0.717) is 0 Å². The molecule has 0 aromatic carbocycles. The summed E-state index contributed by atoms with van der Waals surface area (Å²) < 4.78 is 2.20. The van der Waals surface area contributed by atoms with Gasteiger partial charge in [0.05, 0.1) is 0 Å². The largest absolute Gasteiger partial charge is 0.352 e. The van der Waals surface area contributed by atoms with Crippen molar-refractivity contribution in [3.8, 4) is 0 Å². The van der Waals surface area contributed by atoms with Crippen molar-refractivity contribution < 1.29 is 0 Å². The van der Waals surface area contributed by atoms with E-state index in [1.54, 1.807) is 0 Å². The van der Waals surface area contributed by atoms with E-state index in [0.717, 1.165) is 13.0 Å². The molecule has 2 heteroatoms. The molecule has 0 saturated carbocycles. The summed E-state index contributed by atoms with van der Waals surface area (Å²) in [5.41, 5.74) is 9.51. The van der Waals surface area contributed by atoms with Crippen LogP contribution in [0.3, 0.4) is 0 Å². The Kier molecular flexibility index (Phi) is 2.35. The van der Waals surface area contributed by atoms with Gasteiger partial charge >= 0.3 is 0 Å². The Hall–Kier alpha value is -0.760. The van der Waals surface area contributed by atoms with E-state index in [-0.39, 0.29) is 0 Å². The molecule has 0 unspecified atom stereocenters. The molecule has 0 aliphatic heterocycles. The van der Waals surface area contributed by atoms with Gasteiger partial charge in [-0.3, -0.25) is 0 Å². The maximum absolute atomic E-state index is 5.48. The molecule has 2 N–H and O–H groups in total. The van der Waals surface area contributed by atoms with Gasteiger partial charge in [-0.1, -0.05) is 0 Å². The molecule has 1 rings (SSSR count). The van der Waals surface area contributed by atoms with Gasteiger partial charge in [0.25, 0.3) is 0 Å². The van der Waals surface area contributed by atoms with Gasteiger partial charge in [-0.05, 0) is 38.4 Å². The third-order valence-corrected chi connectivity index (χ3v) is 2.29. The van der Waals surface area contributed by atoms with Crippen LogP contribution in [0.1, 0.15) is 17.0 Å². The van der Waals surface area contributed by atoms with Gasteiger partial charge in [0, 0.05) is 18.4 Å². The van der Waals surface area contributed by atoms with Crippen LogP contribution in [-0.4, -0.2) is 11.1 Å². The molecule has 1 aromatic heterocycles. The van der Waals surface area contributed by atoms with Crippen LogP contribution in [0.4, 0.5) is 0 Å². The van der Waals surface area contributed by atoms with E-state index in [9.17, 15) is 0 Å². The third-order valence-electron chi connectivity index (χ3n) is 2.29. The molecular weight excluding hydrogens is 136 g/mol. The van der Waals surface area contributed by atoms with Crippen LogP contribution in [0.5, 0.6) is 0 Å². The van der Waals surface area contributed by atoms with Gasteiger partial charge in [-0.25, -0.2) is 0 Å². The van der Waals surface area contributed by atoms with Crippen molar-refractivity contribution in [1.82, 2.24) is 4.57 Å². The lowest BCUT2D eigenvalue weighted by Crippen LogP contribution is -2.03. The summed E-state index contributed by atoms with van der Waals surface area (Å²) in [4.78, 5) is 0. The van der Waals surface area contributed by atoms with E-state index in [1.165, 1.54) is 17.0 Å². The van der Waals surface area contributed by atoms with Crippen molar-refractivity contribution in [3.05, 3.63) is 23.0 Å². The minimum absolute atomic E-state index is 0.740. The first-order valence-electron chi connectivity index (χ1n) is 3.98. The lowest BCUT2D eigenvalue weighted by molar-refractivity contribution is 0.831. The zero-order valence-electron chi connectivity index (χ0n) is 7.52. The summed E-state index contributed by atoms with van der Waals surface area (Å²) in [5.74, 6) is 0. The maximum atomic E-state index is 5.48. The third kappa shape index (κ3) is 1.46. The molecular formula is C9H16N2. The minimum atomic E-state index is 0.740. The quantitative estimate of drug-likeness (QED) is 0.677. The fourth-order valence-corrected chi connectivity index (χ4v) is 1.34. The molecule has 11 heavy (non-hydrogen) atoms. The van der Waals surface area contributed by atoms with E-state index in [4.69, 9.17) is 5.73 Å². The second kappa shape index (κ2) is 3.09.